The highest BCUT2D eigenvalue weighted by atomic mass is 35.5. The lowest BCUT2D eigenvalue weighted by Crippen LogP contribution is -2.35. The maximum Gasteiger partial charge on any atom is 0.128 e. The van der Waals surface area contributed by atoms with Crippen LogP contribution in [0.15, 0.2) is 24.4 Å². The number of nitrogens with zero attached hydrogens (tertiary/aromatic N) is 2. The third-order valence-electron chi connectivity index (χ3n) is 3.57. The molecule has 1 aromatic heterocycles. The maximum atomic E-state index is 4.42. The predicted molar refractivity (Wildman–Crippen MR) is 79.6 cm³/mol. The van der Waals surface area contributed by atoms with Crippen molar-refractivity contribution in [2.75, 3.05) is 31.1 Å². The van der Waals surface area contributed by atoms with E-state index in [0.717, 1.165) is 31.4 Å². The van der Waals surface area contributed by atoms with Crippen molar-refractivity contribution >= 4 is 18.2 Å². The molecule has 1 aromatic rings. The number of rotatable bonds is 5. The summed E-state index contributed by atoms with van der Waals surface area (Å²) in [5, 5.41) is 3.41. The summed E-state index contributed by atoms with van der Waals surface area (Å²) < 4.78 is 0. The summed E-state index contributed by atoms with van der Waals surface area (Å²) in [5.74, 6) is 2.03. The topological polar surface area (TPSA) is 28.2 Å². The minimum absolute atomic E-state index is 0. The molecule has 4 heteroatoms. The van der Waals surface area contributed by atoms with E-state index in [1.807, 2.05) is 12.3 Å². The summed E-state index contributed by atoms with van der Waals surface area (Å²) in [6, 6.07) is 6.16. The molecular weight excluding hydrogens is 246 g/mol. The molecule has 1 fully saturated rings. The summed E-state index contributed by atoms with van der Waals surface area (Å²) in [5.41, 5.74) is 0. The standard InChI is InChI=1S/C14H23N3.ClH/c1-2-15-10-6-13-7-11-17(12-8-13)14-5-3-4-9-16-14;/h3-5,9,13,15H,2,6-8,10-12H2,1H3;1H. The van der Waals surface area contributed by atoms with Gasteiger partial charge in [-0.3, -0.25) is 0 Å². The van der Waals surface area contributed by atoms with Gasteiger partial charge in [0.15, 0.2) is 0 Å². The van der Waals surface area contributed by atoms with E-state index < -0.39 is 0 Å². The molecule has 1 saturated heterocycles. The van der Waals surface area contributed by atoms with Crippen LogP contribution in [0.4, 0.5) is 5.82 Å². The zero-order valence-electron chi connectivity index (χ0n) is 11.1. The normalized spacial score (nSPS) is 16.4. The molecule has 1 aliphatic heterocycles. The van der Waals surface area contributed by atoms with Gasteiger partial charge in [0.25, 0.3) is 0 Å². The second-order valence-electron chi connectivity index (χ2n) is 4.76. The molecule has 2 rings (SSSR count). The van der Waals surface area contributed by atoms with Gasteiger partial charge in [0, 0.05) is 19.3 Å². The van der Waals surface area contributed by atoms with Crippen molar-refractivity contribution in [2.24, 2.45) is 5.92 Å². The van der Waals surface area contributed by atoms with E-state index in [4.69, 9.17) is 0 Å². The zero-order chi connectivity index (χ0) is 11.9. The third-order valence-corrected chi connectivity index (χ3v) is 3.57. The number of hydrogen-bond donors (Lipinski definition) is 1. The van der Waals surface area contributed by atoms with Crippen molar-refractivity contribution in [3.05, 3.63) is 24.4 Å². The molecule has 0 aliphatic carbocycles. The van der Waals surface area contributed by atoms with Crippen LogP contribution in [-0.4, -0.2) is 31.2 Å². The second-order valence-corrected chi connectivity index (χ2v) is 4.76. The Morgan fingerprint density at radius 1 is 1.33 bits per heavy atom. The number of piperidine rings is 1. The fraction of sp³-hybridized carbons (Fsp3) is 0.643. The Balaban J connectivity index is 0.00000162. The van der Waals surface area contributed by atoms with Gasteiger partial charge in [-0.25, -0.2) is 4.98 Å². The number of anilines is 1. The van der Waals surface area contributed by atoms with Crippen molar-refractivity contribution in [3.63, 3.8) is 0 Å². The minimum atomic E-state index is 0. The molecule has 1 aliphatic rings. The quantitative estimate of drug-likeness (QED) is 0.833. The average Bonchev–Trinajstić information content (AvgIpc) is 2.41. The molecule has 0 aromatic carbocycles. The van der Waals surface area contributed by atoms with E-state index in [2.05, 4.69) is 34.3 Å². The highest BCUT2D eigenvalue weighted by molar-refractivity contribution is 5.85. The first-order chi connectivity index (χ1) is 8.40. The zero-order valence-corrected chi connectivity index (χ0v) is 12.0. The van der Waals surface area contributed by atoms with Crippen molar-refractivity contribution in [2.45, 2.75) is 26.2 Å². The molecule has 0 atom stereocenters. The van der Waals surface area contributed by atoms with Crippen LogP contribution in [0.25, 0.3) is 0 Å². The second kappa shape index (κ2) is 8.33. The van der Waals surface area contributed by atoms with Crippen LogP contribution >= 0.6 is 12.4 Å². The highest BCUT2D eigenvalue weighted by Gasteiger charge is 2.19. The van der Waals surface area contributed by atoms with Gasteiger partial charge in [-0.15, -0.1) is 12.4 Å². The lowest BCUT2D eigenvalue weighted by molar-refractivity contribution is 0.374. The lowest BCUT2D eigenvalue weighted by atomic mass is 9.93. The number of aromatic nitrogens is 1. The predicted octanol–water partition coefficient (Wildman–Crippen LogP) is 2.72. The van der Waals surface area contributed by atoms with Gasteiger partial charge in [-0.2, -0.15) is 0 Å². The number of halogens is 1. The minimum Gasteiger partial charge on any atom is -0.357 e. The van der Waals surface area contributed by atoms with Gasteiger partial charge in [-0.1, -0.05) is 13.0 Å². The van der Waals surface area contributed by atoms with Crippen LogP contribution in [0.5, 0.6) is 0 Å². The Labute approximate surface area is 116 Å². The molecule has 1 N–H and O–H groups in total. The molecule has 0 saturated carbocycles. The van der Waals surface area contributed by atoms with Gasteiger partial charge >= 0.3 is 0 Å². The monoisotopic (exact) mass is 269 g/mol. The molecule has 0 amide bonds. The molecule has 18 heavy (non-hydrogen) atoms. The molecule has 0 radical (unpaired) electrons. The smallest absolute Gasteiger partial charge is 0.128 e. The summed E-state index contributed by atoms with van der Waals surface area (Å²) in [7, 11) is 0. The summed E-state index contributed by atoms with van der Waals surface area (Å²) in [4.78, 5) is 6.82. The summed E-state index contributed by atoms with van der Waals surface area (Å²) in [6.45, 7) is 6.75. The van der Waals surface area contributed by atoms with Crippen molar-refractivity contribution in [3.8, 4) is 0 Å². The summed E-state index contributed by atoms with van der Waals surface area (Å²) in [6.07, 6.45) is 5.82. The van der Waals surface area contributed by atoms with Crippen LogP contribution in [-0.2, 0) is 0 Å². The molecular formula is C14H24ClN3. The van der Waals surface area contributed by atoms with Crippen molar-refractivity contribution in [1.29, 1.82) is 0 Å². The van der Waals surface area contributed by atoms with Crippen LogP contribution in [0.2, 0.25) is 0 Å². The van der Waals surface area contributed by atoms with E-state index in [0.29, 0.717) is 0 Å². The van der Waals surface area contributed by atoms with E-state index in [1.54, 1.807) is 0 Å². The van der Waals surface area contributed by atoms with Crippen LogP contribution in [0.3, 0.4) is 0 Å². The number of nitrogens with one attached hydrogen (secondary N) is 1. The van der Waals surface area contributed by atoms with Gasteiger partial charge < -0.3 is 10.2 Å². The SMILES string of the molecule is CCNCCC1CCN(c2ccccn2)CC1.Cl. The largest absolute Gasteiger partial charge is 0.357 e. The number of hydrogen-bond acceptors (Lipinski definition) is 3. The molecule has 2 heterocycles. The third kappa shape index (κ3) is 4.46. The first-order valence-electron chi connectivity index (χ1n) is 6.77. The van der Waals surface area contributed by atoms with Gasteiger partial charge in [0.1, 0.15) is 5.82 Å². The molecule has 3 nitrogen and oxygen atoms in total. The Bertz CT molecular complexity index is 310. The maximum absolute atomic E-state index is 4.42. The van der Waals surface area contributed by atoms with Crippen LogP contribution < -0.4 is 10.2 Å². The summed E-state index contributed by atoms with van der Waals surface area (Å²) >= 11 is 0. The molecule has 0 unspecified atom stereocenters. The van der Waals surface area contributed by atoms with Crippen LogP contribution in [0, 0.1) is 5.92 Å². The Hall–Kier alpha value is -0.800. The van der Waals surface area contributed by atoms with E-state index in [9.17, 15) is 0 Å². The van der Waals surface area contributed by atoms with Crippen molar-refractivity contribution in [1.82, 2.24) is 10.3 Å². The molecule has 0 bridgehead atoms. The number of pyridine rings is 1. The Kier molecular flexibility index (Phi) is 7.06. The molecule has 102 valence electrons. The van der Waals surface area contributed by atoms with E-state index in [-0.39, 0.29) is 12.4 Å². The van der Waals surface area contributed by atoms with Crippen molar-refractivity contribution < 1.29 is 0 Å². The Morgan fingerprint density at radius 2 is 2.11 bits per heavy atom. The molecule has 0 spiro atoms. The van der Waals surface area contributed by atoms with Gasteiger partial charge in [-0.05, 0) is 50.4 Å². The van der Waals surface area contributed by atoms with Crippen LogP contribution in [0.1, 0.15) is 26.2 Å². The van der Waals surface area contributed by atoms with E-state index >= 15 is 0 Å². The first kappa shape index (κ1) is 15.3. The van der Waals surface area contributed by atoms with Gasteiger partial charge in [0.05, 0.1) is 0 Å². The fourth-order valence-corrected chi connectivity index (χ4v) is 2.47. The Morgan fingerprint density at radius 3 is 2.72 bits per heavy atom. The average molecular weight is 270 g/mol. The van der Waals surface area contributed by atoms with Gasteiger partial charge in [0.2, 0.25) is 0 Å². The van der Waals surface area contributed by atoms with E-state index in [1.165, 1.54) is 25.8 Å². The first-order valence-corrected chi connectivity index (χ1v) is 6.77. The lowest BCUT2D eigenvalue weighted by Gasteiger charge is -2.32. The highest BCUT2D eigenvalue weighted by Crippen LogP contribution is 2.23. The fourth-order valence-electron chi connectivity index (χ4n) is 2.47.